The summed E-state index contributed by atoms with van der Waals surface area (Å²) in [5, 5.41) is 9.71. The number of allylic oxidation sites excluding steroid dienone is 2. The molecule has 114 valence electrons. The van der Waals surface area contributed by atoms with E-state index in [0.717, 1.165) is 17.4 Å². The molecule has 5 nitrogen and oxygen atoms in total. The maximum absolute atomic E-state index is 12.6. The van der Waals surface area contributed by atoms with Crippen LogP contribution in [0, 0.1) is 0 Å². The lowest BCUT2D eigenvalue weighted by atomic mass is 10.2. The zero-order valence-corrected chi connectivity index (χ0v) is 13.1. The van der Waals surface area contributed by atoms with E-state index in [2.05, 4.69) is 43.0 Å². The Balaban J connectivity index is 2.74. The van der Waals surface area contributed by atoms with E-state index in [4.69, 9.17) is 0 Å². The number of carbonyl (C=O) groups is 1. The SMILES string of the molecule is C=C/C(=C\C(CNC(=O)c1nnc(Br)s1)=NC)C(F)(F)F. The number of aliphatic imine (C=N–C) groups is 1. The second-order valence-corrected chi connectivity index (χ2v) is 5.81. The summed E-state index contributed by atoms with van der Waals surface area (Å²) in [6, 6.07) is 0. The van der Waals surface area contributed by atoms with Crippen molar-refractivity contribution in [3.63, 3.8) is 0 Å². The summed E-state index contributed by atoms with van der Waals surface area (Å²) in [4.78, 5) is 15.4. The van der Waals surface area contributed by atoms with Crippen molar-refractivity contribution in [1.82, 2.24) is 15.5 Å². The van der Waals surface area contributed by atoms with Gasteiger partial charge in [0.1, 0.15) is 0 Å². The lowest BCUT2D eigenvalue weighted by Crippen LogP contribution is -2.29. The van der Waals surface area contributed by atoms with Crippen LogP contribution in [0.5, 0.6) is 0 Å². The molecular weight excluding hydrogens is 373 g/mol. The minimum absolute atomic E-state index is 0.0548. The van der Waals surface area contributed by atoms with Crippen molar-refractivity contribution in [1.29, 1.82) is 0 Å². The van der Waals surface area contributed by atoms with Crippen LogP contribution in [0.1, 0.15) is 9.80 Å². The lowest BCUT2D eigenvalue weighted by molar-refractivity contribution is -0.0880. The highest BCUT2D eigenvalue weighted by atomic mass is 79.9. The molecule has 0 spiro atoms. The average Bonchev–Trinajstić information content (AvgIpc) is 2.84. The molecule has 0 aliphatic rings. The second-order valence-electron chi connectivity index (χ2n) is 3.56. The Morgan fingerprint density at radius 2 is 2.19 bits per heavy atom. The van der Waals surface area contributed by atoms with Gasteiger partial charge in [-0.3, -0.25) is 9.79 Å². The highest BCUT2D eigenvalue weighted by Gasteiger charge is 2.31. The quantitative estimate of drug-likeness (QED) is 0.628. The second kappa shape index (κ2) is 7.46. The van der Waals surface area contributed by atoms with E-state index < -0.39 is 17.7 Å². The molecule has 1 aromatic heterocycles. The number of halogens is 4. The molecular formula is C11H10BrF3N4OS. The van der Waals surface area contributed by atoms with Crippen LogP contribution >= 0.6 is 27.3 Å². The maximum Gasteiger partial charge on any atom is 0.416 e. The largest absolute Gasteiger partial charge is 0.416 e. The highest BCUT2D eigenvalue weighted by Crippen LogP contribution is 2.26. The van der Waals surface area contributed by atoms with Crippen LogP contribution in [0.3, 0.4) is 0 Å². The molecule has 1 amide bonds. The molecule has 0 saturated heterocycles. The Hall–Kier alpha value is -1.55. The Morgan fingerprint density at radius 3 is 2.62 bits per heavy atom. The molecule has 1 N–H and O–H groups in total. The Morgan fingerprint density at radius 1 is 1.52 bits per heavy atom. The van der Waals surface area contributed by atoms with Gasteiger partial charge in [0.05, 0.1) is 17.8 Å². The average molecular weight is 383 g/mol. The molecule has 0 aromatic carbocycles. The van der Waals surface area contributed by atoms with Gasteiger partial charge in [-0.15, -0.1) is 10.2 Å². The number of nitrogens with zero attached hydrogens (tertiary/aromatic N) is 3. The van der Waals surface area contributed by atoms with E-state index in [1.807, 2.05) is 0 Å². The van der Waals surface area contributed by atoms with Crippen LogP contribution in [-0.4, -0.2) is 41.6 Å². The third kappa shape index (κ3) is 5.38. The van der Waals surface area contributed by atoms with Gasteiger partial charge in [-0.25, -0.2) is 0 Å². The van der Waals surface area contributed by atoms with Crippen molar-refractivity contribution >= 4 is 38.9 Å². The van der Waals surface area contributed by atoms with Gasteiger partial charge in [0.15, 0.2) is 3.92 Å². The Labute approximate surface area is 130 Å². The van der Waals surface area contributed by atoms with Crippen molar-refractivity contribution in [2.24, 2.45) is 4.99 Å². The number of carbonyl (C=O) groups excluding carboxylic acids is 1. The summed E-state index contributed by atoms with van der Waals surface area (Å²) >= 11 is 4.06. The number of aromatic nitrogens is 2. The van der Waals surface area contributed by atoms with Gasteiger partial charge < -0.3 is 5.32 Å². The van der Waals surface area contributed by atoms with E-state index in [1.165, 1.54) is 7.05 Å². The number of rotatable bonds is 5. The van der Waals surface area contributed by atoms with Crippen LogP contribution in [0.25, 0.3) is 0 Å². The van der Waals surface area contributed by atoms with Gasteiger partial charge in [-0.05, 0) is 22.0 Å². The number of hydrogen-bond donors (Lipinski definition) is 1. The zero-order chi connectivity index (χ0) is 16.0. The normalized spacial score (nSPS) is 13.2. The van der Waals surface area contributed by atoms with E-state index in [-0.39, 0.29) is 17.3 Å². The van der Waals surface area contributed by atoms with E-state index in [9.17, 15) is 18.0 Å². The van der Waals surface area contributed by atoms with Gasteiger partial charge >= 0.3 is 6.18 Å². The fraction of sp³-hybridized carbons (Fsp3) is 0.273. The minimum atomic E-state index is -4.52. The molecule has 0 aliphatic heterocycles. The van der Waals surface area contributed by atoms with Gasteiger partial charge in [-0.2, -0.15) is 13.2 Å². The third-order valence-corrected chi connectivity index (χ3v) is 3.54. The van der Waals surface area contributed by atoms with Crippen molar-refractivity contribution < 1.29 is 18.0 Å². The van der Waals surface area contributed by atoms with Crippen molar-refractivity contribution in [3.05, 3.63) is 33.2 Å². The molecule has 0 bridgehead atoms. The lowest BCUT2D eigenvalue weighted by Gasteiger charge is -2.08. The molecule has 21 heavy (non-hydrogen) atoms. The van der Waals surface area contributed by atoms with Gasteiger partial charge in [-0.1, -0.05) is 24.0 Å². The molecule has 0 aliphatic carbocycles. The maximum atomic E-state index is 12.6. The van der Waals surface area contributed by atoms with Crippen LogP contribution in [0.4, 0.5) is 13.2 Å². The predicted molar refractivity (Wildman–Crippen MR) is 77.6 cm³/mol. The first-order valence-corrected chi connectivity index (χ1v) is 7.03. The van der Waals surface area contributed by atoms with Gasteiger partial charge in [0.2, 0.25) is 5.01 Å². The molecule has 0 radical (unpaired) electrons. The number of amides is 1. The van der Waals surface area contributed by atoms with Crippen molar-refractivity contribution in [3.8, 4) is 0 Å². The molecule has 10 heteroatoms. The number of alkyl halides is 3. The first-order valence-electron chi connectivity index (χ1n) is 5.42. The van der Waals surface area contributed by atoms with Gasteiger partial charge in [0.25, 0.3) is 5.91 Å². The van der Waals surface area contributed by atoms with Crippen LogP contribution in [0.2, 0.25) is 0 Å². The molecule has 0 atom stereocenters. The van der Waals surface area contributed by atoms with Crippen LogP contribution in [-0.2, 0) is 0 Å². The number of nitrogens with one attached hydrogen (secondary N) is 1. The van der Waals surface area contributed by atoms with E-state index in [1.54, 1.807) is 0 Å². The highest BCUT2D eigenvalue weighted by molar-refractivity contribution is 9.11. The first-order chi connectivity index (χ1) is 9.77. The van der Waals surface area contributed by atoms with Crippen molar-refractivity contribution in [2.75, 3.05) is 13.6 Å². The standard InChI is InChI=1S/C11H10BrF3N4OS/c1-3-6(11(13,14)15)4-7(16-2)5-17-8(20)9-18-19-10(12)21-9/h3-4H,1,5H2,2H3,(H,17,20)/b6-4+,16-7?. The van der Waals surface area contributed by atoms with E-state index >= 15 is 0 Å². The zero-order valence-electron chi connectivity index (χ0n) is 10.7. The summed E-state index contributed by atoms with van der Waals surface area (Å²) in [5.74, 6) is -0.542. The molecule has 0 unspecified atom stereocenters. The molecule has 0 fully saturated rings. The van der Waals surface area contributed by atoms with Crippen LogP contribution in [0.15, 0.2) is 33.2 Å². The summed E-state index contributed by atoms with van der Waals surface area (Å²) in [6.07, 6.45) is -3.01. The summed E-state index contributed by atoms with van der Waals surface area (Å²) in [6.45, 7) is 2.94. The first kappa shape index (κ1) is 17.5. The fourth-order valence-electron chi connectivity index (χ4n) is 1.17. The van der Waals surface area contributed by atoms with E-state index in [0.29, 0.717) is 9.99 Å². The number of hydrogen-bond acceptors (Lipinski definition) is 5. The monoisotopic (exact) mass is 382 g/mol. The summed E-state index contributed by atoms with van der Waals surface area (Å²) < 4.78 is 38.2. The molecule has 1 aromatic rings. The summed E-state index contributed by atoms with van der Waals surface area (Å²) in [5.41, 5.74) is -0.879. The smallest absolute Gasteiger partial charge is 0.344 e. The van der Waals surface area contributed by atoms with Crippen LogP contribution < -0.4 is 5.32 Å². The topological polar surface area (TPSA) is 67.2 Å². The van der Waals surface area contributed by atoms with Gasteiger partial charge in [0, 0.05) is 7.05 Å². The molecule has 1 heterocycles. The molecule has 0 saturated carbocycles. The Bertz CT molecular complexity index is 595. The molecule has 1 rings (SSSR count). The van der Waals surface area contributed by atoms with Crippen molar-refractivity contribution in [2.45, 2.75) is 6.18 Å². The third-order valence-electron chi connectivity index (χ3n) is 2.18. The Kier molecular flexibility index (Phi) is 6.21. The minimum Gasteiger partial charge on any atom is -0.344 e. The summed E-state index contributed by atoms with van der Waals surface area (Å²) in [7, 11) is 1.33. The fourth-order valence-corrected chi connectivity index (χ4v) is 2.20. The predicted octanol–water partition coefficient (Wildman–Crippen LogP) is 2.78.